The fourth-order valence-electron chi connectivity index (χ4n) is 4.13. The third-order valence-corrected chi connectivity index (χ3v) is 5.96. The Balaban J connectivity index is 1.51. The standard InChI is InChI=1S/C23H30N4O3/c1-23(2,3)17-9-7-16(8-10-17)14-26-15-20(28)27-19(22(26)30)13-18(24-27)21(29)25-11-5-4-6-12-25/h7-10,13,20,28H,4-6,11-12,14-15H2,1-3H3. The summed E-state index contributed by atoms with van der Waals surface area (Å²) in [5.41, 5.74) is 2.80. The Morgan fingerprint density at radius 1 is 1.13 bits per heavy atom. The summed E-state index contributed by atoms with van der Waals surface area (Å²) in [6.07, 6.45) is 2.15. The van der Waals surface area contributed by atoms with E-state index in [0.29, 0.717) is 19.6 Å². The van der Waals surface area contributed by atoms with E-state index in [0.717, 1.165) is 24.8 Å². The maximum Gasteiger partial charge on any atom is 0.274 e. The Bertz CT molecular complexity index is 936. The first-order valence-electron chi connectivity index (χ1n) is 10.7. The number of fused-ring (bicyclic) bond motifs is 1. The van der Waals surface area contributed by atoms with Crippen LogP contribution in [-0.4, -0.2) is 56.1 Å². The Hall–Kier alpha value is -2.67. The summed E-state index contributed by atoms with van der Waals surface area (Å²) < 4.78 is 1.29. The number of benzene rings is 1. The average molecular weight is 411 g/mol. The molecule has 1 saturated heterocycles. The molecule has 1 atom stereocenters. The highest BCUT2D eigenvalue weighted by atomic mass is 16.3. The number of hydrogen-bond acceptors (Lipinski definition) is 4. The van der Waals surface area contributed by atoms with Gasteiger partial charge in [-0.3, -0.25) is 9.59 Å². The van der Waals surface area contributed by atoms with E-state index in [2.05, 4.69) is 38.0 Å². The smallest absolute Gasteiger partial charge is 0.274 e. The maximum absolute atomic E-state index is 13.0. The summed E-state index contributed by atoms with van der Waals surface area (Å²) in [6.45, 7) is 8.47. The molecule has 3 heterocycles. The summed E-state index contributed by atoms with van der Waals surface area (Å²) >= 11 is 0. The van der Waals surface area contributed by atoms with Gasteiger partial charge in [0.2, 0.25) is 0 Å². The lowest BCUT2D eigenvalue weighted by Crippen LogP contribution is -2.42. The quantitative estimate of drug-likeness (QED) is 0.844. The van der Waals surface area contributed by atoms with Crippen molar-refractivity contribution in [3.05, 3.63) is 52.8 Å². The second kappa shape index (κ2) is 7.87. The molecule has 0 saturated carbocycles. The van der Waals surface area contributed by atoms with Crippen LogP contribution in [0.3, 0.4) is 0 Å². The van der Waals surface area contributed by atoms with Crippen LogP contribution in [0.5, 0.6) is 0 Å². The molecule has 4 rings (SSSR count). The van der Waals surface area contributed by atoms with Gasteiger partial charge in [0.1, 0.15) is 5.69 Å². The molecule has 30 heavy (non-hydrogen) atoms. The maximum atomic E-state index is 13.0. The van der Waals surface area contributed by atoms with E-state index >= 15 is 0 Å². The Labute approximate surface area is 177 Å². The van der Waals surface area contributed by atoms with Gasteiger partial charge in [-0.2, -0.15) is 5.10 Å². The van der Waals surface area contributed by atoms with Gasteiger partial charge in [0, 0.05) is 25.7 Å². The highest BCUT2D eigenvalue weighted by Gasteiger charge is 2.34. The van der Waals surface area contributed by atoms with Gasteiger partial charge in [0.05, 0.1) is 6.54 Å². The van der Waals surface area contributed by atoms with Crippen LogP contribution < -0.4 is 0 Å². The molecule has 0 aliphatic carbocycles. The molecule has 7 nitrogen and oxygen atoms in total. The molecule has 0 bridgehead atoms. The predicted octanol–water partition coefficient (Wildman–Crippen LogP) is 2.95. The lowest BCUT2D eigenvalue weighted by atomic mass is 9.87. The number of hydrogen-bond donors (Lipinski definition) is 1. The SMILES string of the molecule is CC(C)(C)c1ccc(CN2CC(O)n3nc(C(=O)N4CCCCC4)cc3C2=O)cc1. The molecule has 1 N–H and O–H groups in total. The fourth-order valence-corrected chi connectivity index (χ4v) is 4.13. The van der Waals surface area contributed by atoms with Crippen LogP contribution in [0.25, 0.3) is 0 Å². The van der Waals surface area contributed by atoms with Gasteiger partial charge in [-0.1, -0.05) is 45.0 Å². The van der Waals surface area contributed by atoms with Gasteiger partial charge in [0.15, 0.2) is 11.9 Å². The number of carbonyl (C=O) groups is 2. The minimum atomic E-state index is -0.963. The van der Waals surface area contributed by atoms with Crippen molar-refractivity contribution in [3.8, 4) is 0 Å². The van der Waals surface area contributed by atoms with Crippen molar-refractivity contribution >= 4 is 11.8 Å². The number of rotatable bonds is 3. The highest BCUT2D eigenvalue weighted by molar-refractivity contribution is 5.98. The van der Waals surface area contributed by atoms with Gasteiger partial charge < -0.3 is 14.9 Å². The Kier molecular flexibility index (Phi) is 5.40. The second-order valence-electron chi connectivity index (χ2n) is 9.33. The van der Waals surface area contributed by atoms with Crippen LogP contribution >= 0.6 is 0 Å². The number of carbonyl (C=O) groups excluding carboxylic acids is 2. The first-order valence-corrected chi connectivity index (χ1v) is 10.7. The van der Waals surface area contributed by atoms with Gasteiger partial charge >= 0.3 is 0 Å². The molecule has 2 aliphatic heterocycles. The number of aromatic nitrogens is 2. The first-order chi connectivity index (χ1) is 14.2. The number of aliphatic hydroxyl groups excluding tert-OH is 1. The predicted molar refractivity (Wildman–Crippen MR) is 113 cm³/mol. The van der Waals surface area contributed by atoms with E-state index in [-0.39, 0.29) is 35.2 Å². The minimum Gasteiger partial charge on any atom is -0.370 e. The summed E-state index contributed by atoms with van der Waals surface area (Å²) in [4.78, 5) is 29.2. The van der Waals surface area contributed by atoms with E-state index in [1.54, 1.807) is 9.80 Å². The van der Waals surface area contributed by atoms with Gasteiger partial charge in [-0.15, -0.1) is 0 Å². The zero-order valence-electron chi connectivity index (χ0n) is 18.0. The van der Waals surface area contributed by atoms with E-state index in [1.807, 2.05) is 12.1 Å². The number of β-amino-alcohol motifs (C(OH)–C–C–N with tert-alkyl or cyclic N) is 1. The normalized spacial score (nSPS) is 19.7. The summed E-state index contributed by atoms with van der Waals surface area (Å²) in [5, 5.41) is 14.8. The van der Waals surface area contributed by atoms with Crippen molar-refractivity contribution in [1.29, 1.82) is 0 Å². The van der Waals surface area contributed by atoms with Crippen molar-refractivity contribution in [2.24, 2.45) is 0 Å². The Morgan fingerprint density at radius 3 is 2.43 bits per heavy atom. The number of piperidine rings is 1. The topological polar surface area (TPSA) is 78.7 Å². The average Bonchev–Trinajstić information content (AvgIpc) is 3.18. The van der Waals surface area contributed by atoms with Crippen LogP contribution in [0.4, 0.5) is 0 Å². The largest absolute Gasteiger partial charge is 0.370 e. The highest BCUT2D eigenvalue weighted by Crippen LogP contribution is 2.25. The zero-order chi connectivity index (χ0) is 21.5. The first kappa shape index (κ1) is 20.6. The third-order valence-electron chi connectivity index (χ3n) is 5.96. The molecule has 160 valence electrons. The van der Waals surface area contributed by atoms with E-state index in [1.165, 1.54) is 16.3 Å². The lowest BCUT2D eigenvalue weighted by molar-refractivity contribution is 0.0169. The number of aliphatic hydroxyl groups is 1. The molecular weight excluding hydrogens is 380 g/mol. The van der Waals surface area contributed by atoms with Gasteiger partial charge in [0.25, 0.3) is 11.8 Å². The van der Waals surface area contributed by atoms with Crippen LogP contribution in [-0.2, 0) is 12.0 Å². The van der Waals surface area contributed by atoms with Crippen molar-refractivity contribution in [2.45, 2.75) is 58.2 Å². The molecule has 1 unspecified atom stereocenters. The second-order valence-corrected chi connectivity index (χ2v) is 9.33. The van der Waals surface area contributed by atoms with Gasteiger partial charge in [-0.05, 0) is 35.8 Å². The van der Waals surface area contributed by atoms with Crippen LogP contribution in [0, 0.1) is 0 Å². The lowest BCUT2D eigenvalue weighted by Gasteiger charge is -2.31. The minimum absolute atomic E-state index is 0.0689. The van der Waals surface area contributed by atoms with Crippen LogP contribution in [0.2, 0.25) is 0 Å². The number of nitrogens with zero attached hydrogens (tertiary/aromatic N) is 4. The van der Waals surface area contributed by atoms with Crippen LogP contribution in [0.1, 0.15) is 78.4 Å². The summed E-state index contributed by atoms with van der Waals surface area (Å²) in [7, 11) is 0. The molecule has 2 amide bonds. The molecule has 0 spiro atoms. The molecule has 0 radical (unpaired) electrons. The fraction of sp³-hybridized carbons (Fsp3) is 0.522. The summed E-state index contributed by atoms with van der Waals surface area (Å²) in [6, 6.07) is 9.74. The van der Waals surface area contributed by atoms with E-state index < -0.39 is 6.23 Å². The van der Waals surface area contributed by atoms with Crippen molar-refractivity contribution in [1.82, 2.24) is 19.6 Å². The number of likely N-dealkylation sites (tertiary alicyclic amines) is 1. The van der Waals surface area contributed by atoms with Gasteiger partial charge in [-0.25, -0.2) is 4.68 Å². The number of amides is 2. The molecule has 1 aromatic heterocycles. The van der Waals surface area contributed by atoms with E-state index in [9.17, 15) is 14.7 Å². The Morgan fingerprint density at radius 2 is 1.80 bits per heavy atom. The molecule has 1 fully saturated rings. The molecular formula is C23H30N4O3. The monoisotopic (exact) mass is 410 g/mol. The summed E-state index contributed by atoms with van der Waals surface area (Å²) in [5.74, 6) is -0.383. The molecule has 2 aliphatic rings. The molecule has 1 aromatic carbocycles. The van der Waals surface area contributed by atoms with Crippen molar-refractivity contribution in [2.75, 3.05) is 19.6 Å². The van der Waals surface area contributed by atoms with E-state index in [4.69, 9.17) is 0 Å². The van der Waals surface area contributed by atoms with Crippen molar-refractivity contribution in [3.63, 3.8) is 0 Å². The van der Waals surface area contributed by atoms with Crippen LogP contribution in [0.15, 0.2) is 30.3 Å². The van der Waals surface area contributed by atoms with Crippen molar-refractivity contribution < 1.29 is 14.7 Å². The molecule has 2 aromatic rings. The zero-order valence-corrected chi connectivity index (χ0v) is 18.0. The third kappa shape index (κ3) is 3.99. The molecule has 7 heteroatoms.